The maximum Gasteiger partial charge on any atom is 0.416 e. The van der Waals surface area contributed by atoms with Crippen molar-refractivity contribution in [2.75, 3.05) is 36.2 Å². The Bertz CT molecular complexity index is 1390. The highest BCUT2D eigenvalue weighted by atomic mass is 19.4. The molecule has 13 heteroatoms. The minimum absolute atomic E-state index is 0.338. The third-order valence-corrected chi connectivity index (χ3v) is 5.13. The molecule has 2 aromatic carbocycles. The molecule has 0 bridgehead atoms. The number of urea groups is 1. The van der Waals surface area contributed by atoms with Gasteiger partial charge in [-0.25, -0.2) is 18.9 Å². The number of carbonyl (C=O) groups is 1. The van der Waals surface area contributed by atoms with Crippen LogP contribution in [-0.4, -0.2) is 46.0 Å². The smallest absolute Gasteiger partial charge is 0.383 e. The van der Waals surface area contributed by atoms with E-state index in [2.05, 4.69) is 31.0 Å². The van der Waals surface area contributed by atoms with Crippen LogP contribution in [0.15, 0.2) is 48.7 Å². The van der Waals surface area contributed by atoms with Crippen molar-refractivity contribution in [1.82, 2.24) is 19.7 Å². The number of aryl methyl sites for hydroxylation is 1. The first-order valence-electron chi connectivity index (χ1n) is 10.6. The first-order valence-corrected chi connectivity index (χ1v) is 10.6. The Kier molecular flexibility index (Phi) is 7.01. The molecule has 188 valence electrons. The van der Waals surface area contributed by atoms with Crippen LogP contribution in [0.4, 0.5) is 39.7 Å². The van der Waals surface area contributed by atoms with Crippen LogP contribution in [0.5, 0.6) is 0 Å². The van der Waals surface area contributed by atoms with Crippen LogP contribution < -0.4 is 16.0 Å². The summed E-state index contributed by atoms with van der Waals surface area (Å²) in [7, 11) is 3.35. The molecule has 0 spiro atoms. The van der Waals surface area contributed by atoms with Gasteiger partial charge in [-0.1, -0.05) is 12.1 Å². The summed E-state index contributed by atoms with van der Waals surface area (Å²) in [6.07, 6.45) is -3.01. The maximum absolute atomic E-state index is 13.9. The second-order valence-electron chi connectivity index (χ2n) is 7.67. The molecule has 0 saturated carbocycles. The van der Waals surface area contributed by atoms with E-state index in [4.69, 9.17) is 4.74 Å². The molecule has 0 saturated heterocycles. The van der Waals surface area contributed by atoms with Gasteiger partial charge in [0.15, 0.2) is 5.65 Å². The molecule has 0 radical (unpaired) electrons. The molecule has 0 fully saturated rings. The average molecular weight is 503 g/mol. The van der Waals surface area contributed by atoms with Gasteiger partial charge in [-0.15, -0.1) is 0 Å². The van der Waals surface area contributed by atoms with E-state index in [-0.39, 0.29) is 0 Å². The summed E-state index contributed by atoms with van der Waals surface area (Å²) >= 11 is 0. The highest BCUT2D eigenvalue weighted by Crippen LogP contribution is 2.32. The zero-order valence-corrected chi connectivity index (χ0v) is 19.2. The number of nitrogens with zero attached hydrogens (tertiary/aromatic N) is 4. The second-order valence-corrected chi connectivity index (χ2v) is 7.67. The predicted octanol–water partition coefficient (Wildman–Crippen LogP) is 4.89. The van der Waals surface area contributed by atoms with Crippen LogP contribution >= 0.6 is 0 Å². The van der Waals surface area contributed by atoms with Crippen molar-refractivity contribution in [3.63, 3.8) is 0 Å². The van der Waals surface area contributed by atoms with E-state index in [1.165, 1.54) is 0 Å². The van der Waals surface area contributed by atoms with E-state index in [1.54, 1.807) is 49.3 Å². The summed E-state index contributed by atoms with van der Waals surface area (Å²) in [5.41, 5.74) is 0.634. The van der Waals surface area contributed by atoms with Crippen molar-refractivity contribution in [2.45, 2.75) is 6.18 Å². The Morgan fingerprint density at radius 2 is 1.86 bits per heavy atom. The molecule has 2 heterocycles. The van der Waals surface area contributed by atoms with Crippen molar-refractivity contribution in [2.24, 2.45) is 7.05 Å². The molecule has 2 amide bonds. The van der Waals surface area contributed by atoms with Crippen LogP contribution in [0.1, 0.15) is 5.56 Å². The largest absolute Gasteiger partial charge is 0.416 e. The lowest BCUT2D eigenvalue weighted by Crippen LogP contribution is -2.20. The number of hydrogen-bond donors (Lipinski definition) is 3. The van der Waals surface area contributed by atoms with Gasteiger partial charge < -0.3 is 20.7 Å². The lowest BCUT2D eigenvalue weighted by Gasteiger charge is -2.12. The zero-order chi connectivity index (χ0) is 25.9. The summed E-state index contributed by atoms with van der Waals surface area (Å²) in [6.45, 7) is 1.06. The number of nitrogens with one attached hydrogen (secondary N) is 3. The molecule has 0 aliphatic rings. The van der Waals surface area contributed by atoms with E-state index in [9.17, 15) is 22.4 Å². The fourth-order valence-electron chi connectivity index (χ4n) is 3.39. The Hall–Kier alpha value is -4.26. The molecule has 4 rings (SSSR count). The molecule has 3 N–H and O–H groups in total. The Morgan fingerprint density at radius 3 is 2.56 bits per heavy atom. The zero-order valence-electron chi connectivity index (χ0n) is 19.2. The number of methoxy groups -OCH3 is 1. The number of ether oxygens (including phenoxy) is 1. The summed E-state index contributed by atoms with van der Waals surface area (Å²) < 4.78 is 59.1. The van der Waals surface area contributed by atoms with Crippen LogP contribution in [0, 0.1) is 5.82 Å². The molecule has 0 unspecified atom stereocenters. The van der Waals surface area contributed by atoms with E-state index >= 15 is 0 Å². The molecule has 0 atom stereocenters. The first-order chi connectivity index (χ1) is 17.2. The number of alkyl halides is 3. The number of amides is 2. The highest BCUT2D eigenvalue weighted by Gasteiger charge is 2.31. The number of anilines is 3. The van der Waals surface area contributed by atoms with Gasteiger partial charge in [0.1, 0.15) is 11.5 Å². The maximum atomic E-state index is 13.9. The van der Waals surface area contributed by atoms with Crippen LogP contribution in [0.3, 0.4) is 0 Å². The number of hydrogen-bond acceptors (Lipinski definition) is 6. The van der Waals surface area contributed by atoms with Gasteiger partial charge in [-0.3, -0.25) is 0 Å². The predicted molar refractivity (Wildman–Crippen MR) is 126 cm³/mol. The summed E-state index contributed by atoms with van der Waals surface area (Å²) in [5.74, 6) is -0.549. The van der Waals surface area contributed by atoms with Gasteiger partial charge in [0.2, 0.25) is 5.95 Å². The molecule has 36 heavy (non-hydrogen) atoms. The summed E-state index contributed by atoms with van der Waals surface area (Å²) in [6, 6.07) is 7.45. The number of aromatic nitrogens is 4. The molecule has 0 aliphatic heterocycles. The lowest BCUT2D eigenvalue weighted by atomic mass is 10.1. The van der Waals surface area contributed by atoms with Crippen LogP contribution in [-0.2, 0) is 18.0 Å². The minimum atomic E-state index is -4.67. The van der Waals surface area contributed by atoms with Crippen molar-refractivity contribution in [1.29, 1.82) is 0 Å². The van der Waals surface area contributed by atoms with Gasteiger partial charge in [0.05, 0.1) is 23.2 Å². The Balaban J connectivity index is 1.47. The van der Waals surface area contributed by atoms with E-state index < -0.39 is 29.3 Å². The quantitative estimate of drug-likeness (QED) is 0.245. The molecular formula is C23H21F4N7O2. The Labute approximate surface area is 202 Å². The van der Waals surface area contributed by atoms with Gasteiger partial charge in [0.25, 0.3) is 0 Å². The SMILES string of the molecule is COCCNc1ncc2c(-c3ccc(NC(=O)Nc4cc(C(F)(F)F)ccc4F)cc3)nn(C)c2n1. The van der Waals surface area contributed by atoms with Crippen molar-refractivity contribution >= 4 is 34.4 Å². The summed E-state index contributed by atoms with van der Waals surface area (Å²) in [5, 5.41) is 12.8. The van der Waals surface area contributed by atoms with Crippen molar-refractivity contribution in [3.8, 4) is 11.3 Å². The Morgan fingerprint density at radius 1 is 1.11 bits per heavy atom. The highest BCUT2D eigenvalue weighted by molar-refractivity contribution is 6.00. The van der Waals surface area contributed by atoms with Gasteiger partial charge >= 0.3 is 12.2 Å². The average Bonchev–Trinajstić information content (AvgIpc) is 3.16. The fourth-order valence-corrected chi connectivity index (χ4v) is 3.39. The van der Waals surface area contributed by atoms with E-state index in [0.717, 1.165) is 5.56 Å². The summed E-state index contributed by atoms with van der Waals surface area (Å²) in [4.78, 5) is 21.0. The number of fused-ring (bicyclic) bond motifs is 1. The minimum Gasteiger partial charge on any atom is -0.383 e. The van der Waals surface area contributed by atoms with E-state index in [0.29, 0.717) is 59.7 Å². The van der Waals surface area contributed by atoms with Gasteiger partial charge in [-0.05, 0) is 30.3 Å². The van der Waals surface area contributed by atoms with Gasteiger partial charge in [0, 0.05) is 38.1 Å². The lowest BCUT2D eigenvalue weighted by molar-refractivity contribution is -0.137. The number of halogens is 4. The van der Waals surface area contributed by atoms with Crippen LogP contribution in [0.25, 0.3) is 22.3 Å². The molecule has 2 aromatic heterocycles. The molecule has 9 nitrogen and oxygen atoms in total. The molecule has 4 aromatic rings. The third-order valence-electron chi connectivity index (χ3n) is 5.13. The number of benzene rings is 2. The van der Waals surface area contributed by atoms with Crippen molar-refractivity contribution < 1.29 is 27.1 Å². The van der Waals surface area contributed by atoms with Gasteiger partial charge in [-0.2, -0.15) is 23.3 Å². The topological polar surface area (TPSA) is 106 Å². The number of carbonyl (C=O) groups excluding carboxylic acids is 1. The first kappa shape index (κ1) is 24.9. The van der Waals surface area contributed by atoms with Crippen LogP contribution in [0.2, 0.25) is 0 Å². The standard InChI is InChI=1S/C23H21F4N7O2/c1-34-20-16(12-29-21(32-20)28-9-10-36-2)19(33-34)13-3-6-15(7-4-13)30-22(35)31-18-11-14(23(25,26)27)5-8-17(18)24/h3-8,11-12H,9-10H2,1-2H3,(H,28,29,32)(H2,30,31,35). The monoisotopic (exact) mass is 503 g/mol. The molecule has 0 aliphatic carbocycles. The normalized spacial score (nSPS) is 11.5. The molecular weight excluding hydrogens is 482 g/mol. The fraction of sp³-hybridized carbons (Fsp3) is 0.217. The second kappa shape index (κ2) is 10.2. The number of rotatable bonds is 7. The van der Waals surface area contributed by atoms with E-state index in [1.807, 2.05) is 0 Å². The van der Waals surface area contributed by atoms with Crippen molar-refractivity contribution in [3.05, 3.63) is 60.0 Å². The third kappa shape index (κ3) is 5.51.